The summed E-state index contributed by atoms with van der Waals surface area (Å²) in [6.45, 7) is 2.05. The molecule has 124 valence electrons. The third-order valence-corrected chi connectivity index (χ3v) is 3.70. The first kappa shape index (κ1) is 15.8. The van der Waals surface area contributed by atoms with E-state index in [2.05, 4.69) is 10.4 Å². The fourth-order valence-corrected chi connectivity index (χ4v) is 2.65. The largest absolute Gasteiger partial charge is 0.461 e. The number of aryl methyl sites for hydroxylation is 2. The molecule has 1 N–H and O–H groups in total. The minimum atomic E-state index is -0.425. The van der Waals surface area contributed by atoms with Crippen molar-refractivity contribution in [2.45, 2.75) is 6.92 Å². The van der Waals surface area contributed by atoms with Gasteiger partial charge in [-0.05, 0) is 19.1 Å². The third-order valence-electron chi connectivity index (χ3n) is 3.70. The Morgan fingerprint density at radius 1 is 1.25 bits per heavy atom. The summed E-state index contributed by atoms with van der Waals surface area (Å²) in [5, 5.41) is 7.91. The highest BCUT2D eigenvalue weighted by Gasteiger charge is 2.19. The molecule has 7 heteroatoms. The van der Waals surface area contributed by atoms with Gasteiger partial charge >= 0.3 is 5.97 Å². The number of esters is 1. The van der Waals surface area contributed by atoms with Gasteiger partial charge in [-0.2, -0.15) is 5.10 Å². The Kier molecular flexibility index (Phi) is 4.07. The van der Waals surface area contributed by atoms with E-state index < -0.39 is 5.97 Å². The number of hydrogen-bond donors (Lipinski definition) is 1. The molecule has 3 rings (SSSR count). The molecule has 0 atom stereocenters. The van der Waals surface area contributed by atoms with Crippen molar-refractivity contribution in [2.24, 2.45) is 14.1 Å². The number of ether oxygens (including phenoxy) is 1. The second kappa shape index (κ2) is 6.19. The molecule has 24 heavy (non-hydrogen) atoms. The van der Waals surface area contributed by atoms with E-state index in [1.54, 1.807) is 42.5 Å². The minimum Gasteiger partial charge on any atom is -0.461 e. The Balaban J connectivity index is 1.88. The predicted molar refractivity (Wildman–Crippen MR) is 90.0 cm³/mol. The zero-order valence-corrected chi connectivity index (χ0v) is 13.7. The van der Waals surface area contributed by atoms with Gasteiger partial charge in [0.15, 0.2) is 0 Å². The van der Waals surface area contributed by atoms with Crippen LogP contribution in [0.25, 0.3) is 10.9 Å². The average Bonchev–Trinajstić information content (AvgIpc) is 3.06. The maximum absolute atomic E-state index is 12.6. The van der Waals surface area contributed by atoms with Crippen LogP contribution in [0.1, 0.15) is 27.9 Å². The van der Waals surface area contributed by atoms with E-state index in [9.17, 15) is 9.59 Å². The molecule has 0 aliphatic rings. The van der Waals surface area contributed by atoms with Crippen molar-refractivity contribution in [3.8, 4) is 0 Å². The average molecular weight is 326 g/mol. The standard InChI is InChI=1S/C17H18N4O3/c1-4-24-17(23)14-9-11(10-20(14)2)18-16(22)15-12-7-5-6-8-13(12)19-21(15)3/h5-10H,4H2,1-3H3,(H,18,22). The molecule has 0 spiro atoms. The number of fused-ring (bicyclic) bond motifs is 1. The first-order chi connectivity index (χ1) is 11.5. The van der Waals surface area contributed by atoms with Crippen LogP contribution in [-0.2, 0) is 18.8 Å². The summed E-state index contributed by atoms with van der Waals surface area (Å²) in [5.41, 5.74) is 2.12. The zero-order valence-electron chi connectivity index (χ0n) is 13.7. The molecule has 7 nitrogen and oxygen atoms in total. The molecule has 0 aliphatic carbocycles. The first-order valence-corrected chi connectivity index (χ1v) is 7.57. The molecule has 0 saturated carbocycles. The van der Waals surface area contributed by atoms with E-state index in [0.717, 1.165) is 10.9 Å². The summed E-state index contributed by atoms with van der Waals surface area (Å²) in [6, 6.07) is 9.04. The van der Waals surface area contributed by atoms with E-state index in [0.29, 0.717) is 23.7 Å². The SMILES string of the molecule is CCOC(=O)c1cc(NC(=O)c2c3ccccc3nn2C)cn1C. The number of carbonyl (C=O) groups excluding carboxylic acids is 2. The molecule has 3 aromatic rings. The lowest BCUT2D eigenvalue weighted by Crippen LogP contribution is -2.16. The van der Waals surface area contributed by atoms with Gasteiger partial charge in [-0.3, -0.25) is 9.48 Å². The molecule has 0 aliphatic heterocycles. The van der Waals surface area contributed by atoms with Crippen LogP contribution in [0.15, 0.2) is 36.5 Å². The molecule has 0 saturated heterocycles. The van der Waals surface area contributed by atoms with Gasteiger partial charge in [-0.1, -0.05) is 18.2 Å². The Bertz CT molecular complexity index is 923. The number of carbonyl (C=O) groups is 2. The Labute approximate surface area is 138 Å². The maximum atomic E-state index is 12.6. The van der Waals surface area contributed by atoms with Crippen molar-refractivity contribution in [3.05, 3.63) is 47.9 Å². The molecule has 0 unspecified atom stereocenters. The lowest BCUT2D eigenvalue weighted by Gasteiger charge is -2.03. The van der Waals surface area contributed by atoms with Gasteiger partial charge in [0, 0.05) is 25.7 Å². The van der Waals surface area contributed by atoms with E-state index in [4.69, 9.17) is 4.74 Å². The van der Waals surface area contributed by atoms with Gasteiger partial charge in [0.05, 0.1) is 17.8 Å². The Hall–Kier alpha value is -3.09. The van der Waals surface area contributed by atoms with Crippen LogP contribution in [0.5, 0.6) is 0 Å². The summed E-state index contributed by atoms with van der Waals surface area (Å²) < 4.78 is 8.16. The molecule has 0 bridgehead atoms. The van der Waals surface area contributed by atoms with Crippen molar-refractivity contribution in [2.75, 3.05) is 11.9 Å². The van der Waals surface area contributed by atoms with Crippen molar-refractivity contribution < 1.29 is 14.3 Å². The Morgan fingerprint density at radius 2 is 2.00 bits per heavy atom. The number of hydrogen-bond acceptors (Lipinski definition) is 4. The third kappa shape index (κ3) is 2.76. The van der Waals surface area contributed by atoms with Gasteiger partial charge in [0.25, 0.3) is 5.91 Å². The maximum Gasteiger partial charge on any atom is 0.355 e. The molecule has 2 heterocycles. The van der Waals surface area contributed by atoms with Gasteiger partial charge in [0.2, 0.25) is 0 Å². The van der Waals surface area contributed by atoms with E-state index >= 15 is 0 Å². The van der Waals surface area contributed by atoms with Crippen LogP contribution in [0.2, 0.25) is 0 Å². The van der Waals surface area contributed by atoms with E-state index in [1.807, 2.05) is 24.3 Å². The highest BCUT2D eigenvalue weighted by molar-refractivity contribution is 6.11. The monoisotopic (exact) mass is 326 g/mol. The topological polar surface area (TPSA) is 78.2 Å². The van der Waals surface area contributed by atoms with Gasteiger partial charge < -0.3 is 14.6 Å². The van der Waals surface area contributed by atoms with Crippen molar-refractivity contribution in [1.82, 2.24) is 14.3 Å². The second-order valence-electron chi connectivity index (χ2n) is 5.39. The number of aromatic nitrogens is 3. The molecule has 1 aromatic carbocycles. The number of rotatable bonds is 4. The first-order valence-electron chi connectivity index (χ1n) is 7.57. The fraction of sp³-hybridized carbons (Fsp3) is 0.235. The van der Waals surface area contributed by atoms with Crippen LogP contribution in [0.4, 0.5) is 5.69 Å². The number of benzene rings is 1. The van der Waals surface area contributed by atoms with Crippen molar-refractivity contribution >= 4 is 28.5 Å². The smallest absolute Gasteiger partial charge is 0.355 e. The summed E-state index contributed by atoms with van der Waals surface area (Å²) in [6.07, 6.45) is 1.67. The predicted octanol–water partition coefficient (Wildman–Crippen LogP) is 2.34. The zero-order chi connectivity index (χ0) is 17.3. The highest BCUT2D eigenvalue weighted by atomic mass is 16.5. The van der Waals surface area contributed by atoms with Crippen LogP contribution in [-0.4, -0.2) is 32.8 Å². The van der Waals surface area contributed by atoms with Crippen LogP contribution < -0.4 is 5.32 Å². The lowest BCUT2D eigenvalue weighted by molar-refractivity contribution is 0.0515. The van der Waals surface area contributed by atoms with E-state index in [1.165, 1.54) is 0 Å². The van der Waals surface area contributed by atoms with Gasteiger partial charge in [-0.25, -0.2) is 4.79 Å². The molecule has 0 radical (unpaired) electrons. The summed E-state index contributed by atoms with van der Waals surface area (Å²) in [7, 11) is 3.45. The molecular weight excluding hydrogens is 308 g/mol. The second-order valence-corrected chi connectivity index (χ2v) is 5.39. The van der Waals surface area contributed by atoms with Gasteiger partial charge in [0.1, 0.15) is 11.4 Å². The number of nitrogens with zero attached hydrogens (tertiary/aromatic N) is 3. The number of anilines is 1. The van der Waals surface area contributed by atoms with Crippen LogP contribution in [0.3, 0.4) is 0 Å². The van der Waals surface area contributed by atoms with Crippen molar-refractivity contribution in [3.63, 3.8) is 0 Å². The van der Waals surface area contributed by atoms with Crippen LogP contribution >= 0.6 is 0 Å². The van der Waals surface area contributed by atoms with Crippen LogP contribution in [0, 0.1) is 0 Å². The summed E-state index contributed by atoms with van der Waals surface area (Å²) >= 11 is 0. The van der Waals surface area contributed by atoms with Crippen molar-refractivity contribution in [1.29, 1.82) is 0 Å². The molecular formula is C17H18N4O3. The summed E-state index contributed by atoms with van der Waals surface area (Å²) in [4.78, 5) is 24.5. The highest BCUT2D eigenvalue weighted by Crippen LogP contribution is 2.20. The quantitative estimate of drug-likeness (QED) is 0.747. The fourth-order valence-electron chi connectivity index (χ4n) is 2.65. The molecule has 1 amide bonds. The number of amides is 1. The minimum absolute atomic E-state index is 0.285. The lowest BCUT2D eigenvalue weighted by atomic mass is 10.2. The molecule has 0 fully saturated rings. The number of nitrogens with one attached hydrogen (secondary N) is 1. The van der Waals surface area contributed by atoms with Gasteiger partial charge in [-0.15, -0.1) is 0 Å². The normalized spacial score (nSPS) is 10.8. The molecule has 2 aromatic heterocycles. The Morgan fingerprint density at radius 3 is 2.75 bits per heavy atom. The summed E-state index contributed by atoms with van der Waals surface area (Å²) in [5.74, 6) is -0.710. The van der Waals surface area contributed by atoms with E-state index in [-0.39, 0.29) is 5.91 Å².